The summed E-state index contributed by atoms with van der Waals surface area (Å²) < 4.78 is 4.61. The summed E-state index contributed by atoms with van der Waals surface area (Å²) in [6, 6.07) is 0. The quantitative estimate of drug-likeness (QED) is 0.125. The van der Waals surface area contributed by atoms with E-state index >= 15 is 0 Å². The molecule has 0 aromatic rings. The third-order valence-electron chi connectivity index (χ3n) is 4.73. The predicted molar refractivity (Wildman–Crippen MR) is 122 cm³/mol. The minimum absolute atomic E-state index is 0.160. The molecule has 0 aromatic carbocycles. The van der Waals surface area contributed by atoms with Crippen molar-refractivity contribution in [2.24, 2.45) is 0 Å². The number of carbonyl (C=O) groups is 4. The summed E-state index contributed by atoms with van der Waals surface area (Å²) in [7, 11) is 0. The molecule has 0 rings (SSSR count). The van der Waals surface area contributed by atoms with Gasteiger partial charge in [-0.05, 0) is 38.5 Å². The van der Waals surface area contributed by atoms with E-state index in [2.05, 4.69) is 48.1 Å². The fourth-order valence-corrected chi connectivity index (χ4v) is 2.94. The second kappa shape index (κ2) is 17.6. The van der Waals surface area contributed by atoms with Crippen LogP contribution in [0.2, 0.25) is 0 Å². The Labute approximate surface area is 194 Å². The van der Waals surface area contributed by atoms with Crippen molar-refractivity contribution >= 4 is 23.9 Å². The number of esters is 1. The van der Waals surface area contributed by atoms with Crippen molar-refractivity contribution in [1.29, 1.82) is 0 Å². The summed E-state index contributed by atoms with van der Waals surface area (Å²) >= 11 is 0. The van der Waals surface area contributed by atoms with Gasteiger partial charge < -0.3 is 25.2 Å². The van der Waals surface area contributed by atoms with Crippen LogP contribution in [0, 0.1) is 0 Å². The average Bonchev–Trinajstić information content (AvgIpc) is 2.73. The first-order valence-corrected chi connectivity index (χ1v) is 11.2. The maximum atomic E-state index is 11.9. The van der Waals surface area contributed by atoms with Crippen LogP contribution in [-0.4, -0.2) is 56.0 Å². The largest absolute Gasteiger partial charge is 0.481 e. The minimum Gasteiger partial charge on any atom is -0.481 e. The van der Waals surface area contributed by atoms with E-state index in [1.54, 1.807) is 0 Å². The summed E-state index contributed by atoms with van der Waals surface area (Å²) in [5.41, 5.74) is -3.26. The molecule has 0 saturated carbocycles. The zero-order valence-electron chi connectivity index (χ0n) is 19.1. The molecule has 33 heavy (non-hydrogen) atoms. The van der Waals surface area contributed by atoms with Crippen LogP contribution < -0.4 is 0 Å². The summed E-state index contributed by atoms with van der Waals surface area (Å²) in [6.45, 7) is 2.10. The number of unbranched alkanes of at least 4 members (excludes halogenated alkanes) is 5. The summed E-state index contributed by atoms with van der Waals surface area (Å²) in [5.74, 6) is -6.78. The molecule has 0 spiro atoms. The van der Waals surface area contributed by atoms with Crippen LogP contribution in [0.25, 0.3) is 0 Å². The molecule has 0 aromatic heterocycles. The molecule has 0 saturated heterocycles. The van der Waals surface area contributed by atoms with Gasteiger partial charge in [0.05, 0.1) is 6.42 Å². The van der Waals surface area contributed by atoms with Gasteiger partial charge in [-0.2, -0.15) is 0 Å². The van der Waals surface area contributed by atoms with Crippen LogP contribution in [0.3, 0.4) is 0 Å². The third-order valence-corrected chi connectivity index (χ3v) is 4.73. The molecule has 0 aliphatic carbocycles. The second-order valence-corrected chi connectivity index (χ2v) is 7.61. The lowest BCUT2D eigenvalue weighted by Gasteiger charge is -2.27. The van der Waals surface area contributed by atoms with Crippen LogP contribution in [0.5, 0.6) is 0 Å². The highest BCUT2D eigenvalue weighted by Crippen LogP contribution is 2.21. The van der Waals surface area contributed by atoms with Crippen LogP contribution in [0.15, 0.2) is 36.5 Å². The zero-order valence-corrected chi connectivity index (χ0v) is 19.1. The molecule has 0 aliphatic rings. The van der Waals surface area contributed by atoms with Crippen molar-refractivity contribution in [3.05, 3.63) is 36.5 Å². The monoisotopic (exact) mass is 468 g/mol. The first-order valence-electron chi connectivity index (χ1n) is 11.2. The van der Waals surface area contributed by atoms with E-state index in [0.717, 1.165) is 44.9 Å². The van der Waals surface area contributed by atoms with E-state index in [-0.39, 0.29) is 6.42 Å². The normalized spacial score (nSPS) is 14.5. The number of rotatable bonds is 19. The van der Waals surface area contributed by atoms with E-state index in [0.29, 0.717) is 12.8 Å². The van der Waals surface area contributed by atoms with Crippen molar-refractivity contribution < 1.29 is 44.3 Å². The van der Waals surface area contributed by atoms with E-state index in [9.17, 15) is 24.3 Å². The number of allylic oxidation sites excluding steroid dienone is 6. The third kappa shape index (κ3) is 13.9. The molecule has 2 unspecified atom stereocenters. The van der Waals surface area contributed by atoms with E-state index < -0.39 is 42.0 Å². The molecular formula is C24H36O9. The number of hydrogen-bond donors (Lipinski definition) is 4. The Kier molecular flexibility index (Phi) is 16.0. The predicted octanol–water partition coefficient (Wildman–Crippen LogP) is 3.86. The first-order chi connectivity index (χ1) is 15.6. The number of carboxylic acid groups (broad SMARTS) is 3. The molecule has 0 bridgehead atoms. The molecule has 0 fully saturated rings. The fourth-order valence-electron chi connectivity index (χ4n) is 2.94. The van der Waals surface area contributed by atoms with Gasteiger partial charge >= 0.3 is 23.9 Å². The maximum absolute atomic E-state index is 11.9. The summed E-state index contributed by atoms with van der Waals surface area (Å²) in [5, 5.41) is 36.9. The van der Waals surface area contributed by atoms with E-state index in [4.69, 9.17) is 15.3 Å². The second-order valence-electron chi connectivity index (χ2n) is 7.61. The van der Waals surface area contributed by atoms with Crippen LogP contribution in [0.1, 0.15) is 77.6 Å². The van der Waals surface area contributed by atoms with Gasteiger partial charge in [-0.3, -0.25) is 9.59 Å². The zero-order chi connectivity index (χ0) is 25.1. The molecule has 2 atom stereocenters. The minimum atomic E-state index is -3.26. The lowest BCUT2D eigenvalue weighted by atomic mass is 9.92. The summed E-state index contributed by atoms with van der Waals surface area (Å²) in [4.78, 5) is 45.2. The van der Waals surface area contributed by atoms with E-state index in [1.807, 2.05) is 0 Å². The topological polar surface area (TPSA) is 158 Å². The number of aliphatic hydroxyl groups is 1. The molecular weight excluding hydrogens is 432 g/mol. The average molecular weight is 469 g/mol. The Hall–Kier alpha value is -2.94. The van der Waals surface area contributed by atoms with Crippen molar-refractivity contribution in [3.63, 3.8) is 0 Å². The maximum Gasteiger partial charge on any atom is 0.348 e. The molecule has 4 N–H and O–H groups in total. The Morgan fingerprint density at radius 1 is 0.818 bits per heavy atom. The van der Waals surface area contributed by atoms with Gasteiger partial charge in [-0.15, -0.1) is 0 Å². The van der Waals surface area contributed by atoms with Gasteiger partial charge in [0, 0.05) is 6.42 Å². The lowest BCUT2D eigenvalue weighted by molar-refractivity contribution is -0.197. The van der Waals surface area contributed by atoms with Gasteiger partial charge in [-0.1, -0.05) is 62.6 Å². The highest BCUT2D eigenvalue weighted by Gasteiger charge is 2.52. The standard InChI is InChI=1S/C24H36O9/c1-2-3-4-5-6-7-8-9-10-11-12-13-14-15-16-17-20(27)33-21(22(28)29)24(32,23(30)31)18-19(25)26/h3-4,6-7,9-10,21,32H,2,5,8,11-18H2,1H3,(H,25,26)(H,28,29)(H,30,31)/b4-3-,7-6-,10-9-. The first kappa shape index (κ1) is 30.1. The molecule has 0 amide bonds. The number of carbonyl (C=O) groups excluding carboxylic acids is 1. The van der Waals surface area contributed by atoms with Crippen LogP contribution in [0.4, 0.5) is 0 Å². The van der Waals surface area contributed by atoms with Crippen molar-refractivity contribution in [3.8, 4) is 0 Å². The number of hydrogen-bond acceptors (Lipinski definition) is 6. The van der Waals surface area contributed by atoms with Gasteiger partial charge in [-0.25, -0.2) is 9.59 Å². The Morgan fingerprint density at radius 2 is 1.36 bits per heavy atom. The molecule has 9 nitrogen and oxygen atoms in total. The van der Waals surface area contributed by atoms with Gasteiger partial charge in [0.15, 0.2) is 0 Å². The molecule has 0 heterocycles. The Balaban J connectivity index is 4.13. The number of carboxylic acids is 3. The smallest absolute Gasteiger partial charge is 0.348 e. The molecule has 9 heteroatoms. The number of ether oxygens (including phenoxy) is 1. The molecule has 0 aliphatic heterocycles. The SMILES string of the molecule is CC/C=C\C/C=C\C/C=C\CCCCCCCC(=O)OC(C(=O)O)C(O)(CC(=O)O)C(=O)O. The van der Waals surface area contributed by atoms with Gasteiger partial charge in [0.25, 0.3) is 0 Å². The van der Waals surface area contributed by atoms with Crippen molar-refractivity contribution in [1.82, 2.24) is 0 Å². The highest BCUT2D eigenvalue weighted by molar-refractivity contribution is 5.92. The van der Waals surface area contributed by atoms with Gasteiger partial charge in [0.1, 0.15) is 0 Å². The van der Waals surface area contributed by atoms with Crippen molar-refractivity contribution in [2.45, 2.75) is 89.3 Å². The highest BCUT2D eigenvalue weighted by atomic mass is 16.6. The Morgan fingerprint density at radius 3 is 1.91 bits per heavy atom. The Bertz CT molecular complexity index is 709. The fraction of sp³-hybridized carbons (Fsp3) is 0.583. The van der Waals surface area contributed by atoms with Crippen LogP contribution >= 0.6 is 0 Å². The van der Waals surface area contributed by atoms with Crippen molar-refractivity contribution in [2.75, 3.05) is 0 Å². The van der Waals surface area contributed by atoms with E-state index in [1.165, 1.54) is 0 Å². The summed E-state index contributed by atoms with van der Waals surface area (Å²) in [6.07, 6.45) is 16.5. The lowest BCUT2D eigenvalue weighted by Crippen LogP contribution is -2.56. The van der Waals surface area contributed by atoms with Gasteiger partial charge in [0.2, 0.25) is 11.7 Å². The number of aliphatic carboxylic acids is 3. The molecule has 186 valence electrons. The van der Waals surface area contributed by atoms with Crippen LogP contribution in [-0.2, 0) is 23.9 Å². The molecule has 0 radical (unpaired) electrons.